The van der Waals surface area contributed by atoms with Crippen LogP contribution in [0.3, 0.4) is 0 Å². The zero-order valence-electron chi connectivity index (χ0n) is 15.2. The number of hydrogen-bond acceptors (Lipinski definition) is 3. The van der Waals surface area contributed by atoms with E-state index in [0.717, 1.165) is 29.7 Å². The Hall–Kier alpha value is -2.92. The maximum absolute atomic E-state index is 13.1. The summed E-state index contributed by atoms with van der Waals surface area (Å²) in [7, 11) is 0. The van der Waals surface area contributed by atoms with Gasteiger partial charge >= 0.3 is 0 Å². The molecule has 3 aromatic rings. The van der Waals surface area contributed by atoms with Gasteiger partial charge in [-0.25, -0.2) is 4.90 Å². The topological polar surface area (TPSA) is 56.4 Å². The number of rotatable bonds is 2. The minimum atomic E-state index is -0.377. The molecule has 2 aromatic carbocycles. The van der Waals surface area contributed by atoms with E-state index in [2.05, 4.69) is 28.1 Å². The summed E-state index contributed by atoms with van der Waals surface area (Å²) in [4.78, 5) is 32.7. The van der Waals surface area contributed by atoms with E-state index in [-0.39, 0.29) is 24.3 Å². The van der Waals surface area contributed by atoms with Crippen molar-refractivity contribution >= 4 is 28.4 Å². The number of nitrogens with zero attached hydrogens (tertiary/aromatic N) is 2. The second-order valence-electron chi connectivity index (χ2n) is 7.47. The molecule has 2 amide bonds. The molecule has 1 unspecified atom stereocenters. The van der Waals surface area contributed by atoms with Crippen LogP contribution in [0.5, 0.6) is 0 Å². The second kappa shape index (κ2) is 6.06. The molecule has 1 aromatic heterocycles. The largest absolute Gasteiger partial charge is 0.357 e. The van der Waals surface area contributed by atoms with Crippen molar-refractivity contribution in [2.45, 2.75) is 32.4 Å². The van der Waals surface area contributed by atoms with E-state index in [1.54, 1.807) is 0 Å². The number of carbonyl (C=O) groups is 2. The first kappa shape index (κ1) is 16.3. The van der Waals surface area contributed by atoms with Gasteiger partial charge in [-0.3, -0.25) is 14.5 Å². The highest BCUT2D eigenvalue weighted by Gasteiger charge is 2.43. The smallest absolute Gasteiger partial charge is 0.251 e. The summed E-state index contributed by atoms with van der Waals surface area (Å²) in [6.07, 6.45) is 1.14. The predicted octanol–water partition coefficient (Wildman–Crippen LogP) is 3.17. The van der Waals surface area contributed by atoms with Crippen molar-refractivity contribution in [2.75, 3.05) is 11.4 Å². The molecule has 27 heavy (non-hydrogen) atoms. The van der Waals surface area contributed by atoms with Crippen molar-refractivity contribution in [2.24, 2.45) is 0 Å². The van der Waals surface area contributed by atoms with Gasteiger partial charge in [0.2, 0.25) is 5.91 Å². The van der Waals surface area contributed by atoms with Crippen molar-refractivity contribution in [3.63, 3.8) is 0 Å². The number of hydrogen-bond donors (Lipinski definition) is 1. The van der Waals surface area contributed by atoms with Crippen molar-refractivity contribution in [3.05, 3.63) is 65.4 Å². The van der Waals surface area contributed by atoms with E-state index in [0.29, 0.717) is 12.2 Å². The zero-order valence-corrected chi connectivity index (χ0v) is 15.2. The number of para-hydroxylation sites is 1. The molecule has 5 nitrogen and oxygen atoms in total. The van der Waals surface area contributed by atoms with Crippen LogP contribution in [-0.4, -0.2) is 34.3 Å². The summed E-state index contributed by atoms with van der Waals surface area (Å²) in [5.74, 6) is -0.219. The molecule has 0 aliphatic carbocycles. The summed E-state index contributed by atoms with van der Waals surface area (Å²) in [5, 5.41) is 1.27. The third-order valence-corrected chi connectivity index (χ3v) is 5.74. The minimum Gasteiger partial charge on any atom is -0.357 e. The van der Waals surface area contributed by atoms with Crippen LogP contribution in [0.1, 0.15) is 23.2 Å². The highest BCUT2D eigenvalue weighted by Crippen LogP contribution is 2.32. The van der Waals surface area contributed by atoms with E-state index in [1.807, 2.05) is 37.3 Å². The molecule has 136 valence electrons. The fourth-order valence-electron chi connectivity index (χ4n) is 4.42. The van der Waals surface area contributed by atoms with Crippen molar-refractivity contribution in [1.29, 1.82) is 0 Å². The van der Waals surface area contributed by atoms with Crippen molar-refractivity contribution in [1.82, 2.24) is 9.88 Å². The third-order valence-electron chi connectivity index (χ3n) is 5.74. The number of fused-ring (bicyclic) bond motifs is 3. The maximum atomic E-state index is 13.1. The first-order valence-corrected chi connectivity index (χ1v) is 9.38. The van der Waals surface area contributed by atoms with Crippen LogP contribution in [0.2, 0.25) is 0 Å². The number of benzene rings is 2. The van der Waals surface area contributed by atoms with Crippen LogP contribution in [0.4, 0.5) is 5.69 Å². The molecule has 1 atom stereocenters. The second-order valence-corrected chi connectivity index (χ2v) is 7.47. The SMILES string of the molecule is Cc1cccc(N2C(=O)CC(N3CCc4c([nH]c5ccccc45)C3)C2=O)c1. The van der Waals surface area contributed by atoms with Gasteiger partial charge < -0.3 is 4.98 Å². The van der Waals surface area contributed by atoms with E-state index >= 15 is 0 Å². The summed E-state index contributed by atoms with van der Waals surface area (Å²) in [6.45, 7) is 3.43. The molecule has 0 saturated carbocycles. The Bertz CT molecular complexity index is 1070. The molecule has 1 saturated heterocycles. The number of amides is 2. The average Bonchev–Trinajstić information content (AvgIpc) is 3.18. The van der Waals surface area contributed by atoms with Gasteiger partial charge in [0.25, 0.3) is 5.91 Å². The monoisotopic (exact) mass is 359 g/mol. The molecular formula is C22H21N3O2. The van der Waals surface area contributed by atoms with Crippen LogP contribution in [0, 0.1) is 6.92 Å². The fourth-order valence-corrected chi connectivity index (χ4v) is 4.42. The number of aromatic amines is 1. The molecule has 3 heterocycles. The maximum Gasteiger partial charge on any atom is 0.251 e. The van der Waals surface area contributed by atoms with Crippen LogP contribution in [0.25, 0.3) is 10.9 Å². The number of nitrogens with one attached hydrogen (secondary N) is 1. The summed E-state index contributed by atoms with van der Waals surface area (Å²) in [5.41, 5.74) is 5.36. The van der Waals surface area contributed by atoms with Gasteiger partial charge in [0.15, 0.2) is 0 Å². The third kappa shape index (κ3) is 2.58. The Kier molecular flexibility index (Phi) is 3.65. The number of aromatic nitrogens is 1. The lowest BCUT2D eigenvalue weighted by atomic mass is 10.0. The van der Waals surface area contributed by atoms with Crippen LogP contribution < -0.4 is 4.90 Å². The van der Waals surface area contributed by atoms with Crippen LogP contribution >= 0.6 is 0 Å². The Morgan fingerprint density at radius 3 is 2.78 bits per heavy atom. The van der Waals surface area contributed by atoms with Gasteiger partial charge in [0.05, 0.1) is 18.2 Å². The first-order chi connectivity index (χ1) is 13.1. The lowest BCUT2D eigenvalue weighted by molar-refractivity contribution is -0.123. The lowest BCUT2D eigenvalue weighted by Crippen LogP contribution is -2.44. The van der Waals surface area contributed by atoms with E-state index in [1.165, 1.54) is 15.8 Å². The number of carbonyl (C=O) groups excluding carboxylic acids is 2. The number of anilines is 1. The molecule has 0 spiro atoms. The Morgan fingerprint density at radius 1 is 1.07 bits per heavy atom. The van der Waals surface area contributed by atoms with Crippen LogP contribution in [-0.2, 0) is 22.6 Å². The Balaban J connectivity index is 1.43. The molecule has 1 N–H and O–H groups in total. The van der Waals surface area contributed by atoms with Gasteiger partial charge in [-0.2, -0.15) is 0 Å². The molecular weight excluding hydrogens is 338 g/mol. The minimum absolute atomic E-state index is 0.106. The normalized spacial score (nSPS) is 20.5. The molecule has 2 aliphatic rings. The highest BCUT2D eigenvalue weighted by molar-refractivity contribution is 6.22. The molecule has 5 heteroatoms. The Morgan fingerprint density at radius 2 is 1.93 bits per heavy atom. The van der Waals surface area contributed by atoms with Crippen molar-refractivity contribution in [3.8, 4) is 0 Å². The number of aryl methyl sites for hydroxylation is 1. The van der Waals surface area contributed by atoms with Crippen LogP contribution in [0.15, 0.2) is 48.5 Å². The molecule has 0 bridgehead atoms. The van der Waals surface area contributed by atoms with Gasteiger partial charge in [-0.1, -0.05) is 30.3 Å². The first-order valence-electron chi connectivity index (χ1n) is 9.38. The van der Waals surface area contributed by atoms with Gasteiger partial charge in [0.1, 0.15) is 0 Å². The molecule has 1 fully saturated rings. The van der Waals surface area contributed by atoms with E-state index in [9.17, 15) is 9.59 Å². The summed E-state index contributed by atoms with van der Waals surface area (Å²) >= 11 is 0. The lowest BCUT2D eigenvalue weighted by Gasteiger charge is -2.30. The average molecular weight is 359 g/mol. The van der Waals surface area contributed by atoms with Gasteiger partial charge in [0, 0.05) is 29.7 Å². The fraction of sp³-hybridized carbons (Fsp3) is 0.273. The van der Waals surface area contributed by atoms with E-state index < -0.39 is 0 Å². The zero-order chi connectivity index (χ0) is 18.5. The quantitative estimate of drug-likeness (QED) is 0.715. The highest BCUT2D eigenvalue weighted by atomic mass is 16.2. The molecule has 5 rings (SSSR count). The van der Waals surface area contributed by atoms with E-state index in [4.69, 9.17) is 0 Å². The predicted molar refractivity (Wildman–Crippen MR) is 104 cm³/mol. The van der Waals surface area contributed by atoms with Crippen molar-refractivity contribution < 1.29 is 9.59 Å². The number of imide groups is 1. The van der Waals surface area contributed by atoms with Gasteiger partial charge in [-0.15, -0.1) is 0 Å². The standard InChI is InChI=1S/C22H21N3O2/c1-14-5-4-6-15(11-14)25-21(26)12-20(22(25)27)24-10-9-17-16-7-2-3-8-18(16)23-19(17)13-24/h2-8,11,20,23H,9-10,12-13H2,1H3. The molecule has 2 aliphatic heterocycles. The Labute approximate surface area is 157 Å². The van der Waals surface area contributed by atoms with Gasteiger partial charge in [-0.05, 0) is 42.7 Å². The summed E-state index contributed by atoms with van der Waals surface area (Å²) in [6, 6.07) is 15.5. The summed E-state index contributed by atoms with van der Waals surface area (Å²) < 4.78 is 0. The molecule has 0 radical (unpaired) electrons. The number of H-pyrrole nitrogens is 1.